The van der Waals surface area contributed by atoms with Gasteiger partial charge in [0.2, 0.25) is 11.8 Å². The second kappa shape index (κ2) is 12.0. The van der Waals surface area contributed by atoms with E-state index in [0.717, 1.165) is 21.9 Å². The number of carbonyl (C=O) groups excluding carboxylic acids is 2. The van der Waals surface area contributed by atoms with E-state index in [1.807, 2.05) is 66.7 Å². The van der Waals surface area contributed by atoms with Crippen molar-refractivity contribution in [3.8, 4) is 22.8 Å². The van der Waals surface area contributed by atoms with Crippen LogP contribution in [-0.4, -0.2) is 32.2 Å². The molecule has 39 heavy (non-hydrogen) atoms. The molecule has 1 aromatic heterocycles. The number of amides is 2. The largest absolute Gasteiger partial charge is 0.497 e. The summed E-state index contributed by atoms with van der Waals surface area (Å²) in [6.07, 6.45) is -0.0285. The van der Waals surface area contributed by atoms with Crippen molar-refractivity contribution >= 4 is 36.4 Å². The lowest BCUT2D eigenvalue weighted by molar-refractivity contribution is -0.116. The molecule has 0 saturated carbocycles. The van der Waals surface area contributed by atoms with Gasteiger partial charge in [-0.3, -0.25) is 9.59 Å². The minimum Gasteiger partial charge on any atom is -0.497 e. The molecule has 0 aliphatic heterocycles. The SMILES string of the molecule is COc1ccc(-c2c(NC(C)=O)ccc([Si](C)(C)C)c2NC(=O)Cc2cc(OCc3ccccc3)no2)cc1. The van der Waals surface area contributed by atoms with Crippen molar-refractivity contribution in [2.45, 2.75) is 39.6 Å². The van der Waals surface area contributed by atoms with Gasteiger partial charge in [-0.1, -0.05) is 68.2 Å². The Kier molecular flexibility index (Phi) is 8.51. The first kappa shape index (κ1) is 27.7. The van der Waals surface area contributed by atoms with Gasteiger partial charge in [0, 0.05) is 24.2 Å². The van der Waals surface area contributed by atoms with Gasteiger partial charge in [0.25, 0.3) is 5.88 Å². The number of hydrogen-bond donors (Lipinski definition) is 2. The summed E-state index contributed by atoms with van der Waals surface area (Å²) in [6, 6.07) is 22.8. The number of benzene rings is 3. The van der Waals surface area contributed by atoms with Gasteiger partial charge in [-0.2, -0.15) is 0 Å². The molecule has 2 N–H and O–H groups in total. The molecule has 1 heterocycles. The topological polar surface area (TPSA) is 103 Å². The molecule has 0 aliphatic carbocycles. The van der Waals surface area contributed by atoms with Crippen LogP contribution in [0.2, 0.25) is 19.6 Å². The molecule has 9 heteroatoms. The van der Waals surface area contributed by atoms with E-state index in [4.69, 9.17) is 14.0 Å². The Morgan fingerprint density at radius 3 is 2.31 bits per heavy atom. The van der Waals surface area contributed by atoms with E-state index in [1.165, 1.54) is 6.92 Å². The summed E-state index contributed by atoms with van der Waals surface area (Å²) in [5.41, 5.74) is 3.87. The summed E-state index contributed by atoms with van der Waals surface area (Å²) in [6.45, 7) is 8.44. The third kappa shape index (κ3) is 7.14. The maximum absolute atomic E-state index is 13.3. The van der Waals surface area contributed by atoms with Crippen molar-refractivity contribution in [2.24, 2.45) is 0 Å². The maximum Gasteiger partial charge on any atom is 0.254 e. The molecule has 4 rings (SSSR count). The Hall–Kier alpha value is -4.37. The van der Waals surface area contributed by atoms with E-state index >= 15 is 0 Å². The molecule has 3 aromatic carbocycles. The van der Waals surface area contributed by atoms with Crippen LogP contribution in [0.4, 0.5) is 11.4 Å². The zero-order chi connectivity index (χ0) is 28.0. The first-order chi connectivity index (χ1) is 18.6. The third-order valence-corrected chi connectivity index (χ3v) is 8.10. The molecule has 0 radical (unpaired) electrons. The quantitative estimate of drug-likeness (QED) is 0.252. The molecule has 0 unspecified atom stereocenters. The lowest BCUT2D eigenvalue weighted by Gasteiger charge is -2.26. The highest BCUT2D eigenvalue weighted by Crippen LogP contribution is 2.36. The van der Waals surface area contributed by atoms with Crippen molar-refractivity contribution in [3.05, 3.63) is 84.1 Å². The summed E-state index contributed by atoms with van der Waals surface area (Å²) in [5.74, 6) is 0.940. The second-order valence-electron chi connectivity index (χ2n) is 10.2. The predicted octanol–water partition coefficient (Wildman–Crippen LogP) is 5.61. The number of hydrogen-bond acceptors (Lipinski definition) is 6. The van der Waals surface area contributed by atoms with Gasteiger partial charge in [-0.25, -0.2) is 0 Å². The van der Waals surface area contributed by atoms with Gasteiger partial charge >= 0.3 is 0 Å². The molecule has 0 bridgehead atoms. The van der Waals surface area contributed by atoms with Gasteiger partial charge in [0.05, 0.1) is 27.3 Å². The lowest BCUT2D eigenvalue weighted by atomic mass is 10.0. The Morgan fingerprint density at radius 2 is 1.67 bits per heavy atom. The van der Waals surface area contributed by atoms with Crippen LogP contribution in [0.15, 0.2) is 77.3 Å². The average molecular weight is 544 g/mol. The minimum atomic E-state index is -1.93. The number of aromatic nitrogens is 1. The molecule has 0 atom stereocenters. The molecular formula is C30H33N3O5Si. The Labute approximate surface area is 229 Å². The van der Waals surface area contributed by atoms with Crippen LogP contribution in [0.3, 0.4) is 0 Å². The van der Waals surface area contributed by atoms with Crippen LogP contribution in [0, 0.1) is 0 Å². The predicted molar refractivity (Wildman–Crippen MR) is 155 cm³/mol. The second-order valence-corrected chi connectivity index (χ2v) is 15.2. The van der Waals surface area contributed by atoms with Crippen LogP contribution in [0.1, 0.15) is 18.2 Å². The number of rotatable bonds is 10. The molecule has 8 nitrogen and oxygen atoms in total. The highest BCUT2D eigenvalue weighted by atomic mass is 28.3. The van der Waals surface area contributed by atoms with Crippen molar-refractivity contribution in [1.82, 2.24) is 5.16 Å². The molecule has 2 amide bonds. The minimum absolute atomic E-state index is 0.0285. The maximum atomic E-state index is 13.3. The van der Waals surface area contributed by atoms with Crippen molar-refractivity contribution in [1.29, 1.82) is 0 Å². The Morgan fingerprint density at radius 1 is 0.949 bits per heavy atom. The van der Waals surface area contributed by atoms with Gasteiger partial charge in [0.1, 0.15) is 18.1 Å². The molecule has 0 saturated heterocycles. The third-order valence-electron chi connectivity index (χ3n) is 6.07. The molecule has 0 fully saturated rings. The monoisotopic (exact) mass is 543 g/mol. The molecule has 4 aromatic rings. The fourth-order valence-electron chi connectivity index (χ4n) is 4.23. The smallest absolute Gasteiger partial charge is 0.254 e. The first-order valence-corrected chi connectivity index (χ1v) is 16.2. The number of carbonyl (C=O) groups is 2. The van der Waals surface area contributed by atoms with Crippen LogP contribution >= 0.6 is 0 Å². The van der Waals surface area contributed by atoms with E-state index in [-0.39, 0.29) is 18.2 Å². The standard InChI is InChI=1S/C30H33N3O5Si/c1-20(34)31-25-15-16-26(39(3,4)5)30(29(25)22-11-13-23(36-2)14-12-22)32-27(35)17-24-18-28(33-38-24)37-19-21-9-7-6-8-10-21/h6-16,18H,17,19H2,1-5H3,(H,31,34)(H,32,35). The van der Waals surface area contributed by atoms with E-state index in [1.54, 1.807) is 13.2 Å². The van der Waals surface area contributed by atoms with Gasteiger partial charge < -0.3 is 24.6 Å². The summed E-state index contributed by atoms with van der Waals surface area (Å²) >= 11 is 0. The van der Waals surface area contributed by atoms with Gasteiger partial charge in [0.15, 0.2) is 0 Å². The first-order valence-electron chi connectivity index (χ1n) is 12.7. The molecular weight excluding hydrogens is 510 g/mol. The van der Waals surface area contributed by atoms with Crippen LogP contribution in [0.25, 0.3) is 11.1 Å². The number of nitrogens with one attached hydrogen (secondary N) is 2. The van der Waals surface area contributed by atoms with Crippen LogP contribution in [0.5, 0.6) is 11.6 Å². The van der Waals surface area contributed by atoms with Crippen LogP contribution < -0.4 is 25.3 Å². The zero-order valence-electron chi connectivity index (χ0n) is 22.8. The lowest BCUT2D eigenvalue weighted by Crippen LogP contribution is -2.40. The molecule has 0 spiro atoms. The van der Waals surface area contributed by atoms with Crippen molar-refractivity contribution < 1.29 is 23.6 Å². The number of ether oxygens (including phenoxy) is 2. The Bertz CT molecular complexity index is 1440. The fraction of sp³-hybridized carbons (Fsp3) is 0.233. The van der Waals surface area contributed by atoms with E-state index < -0.39 is 8.07 Å². The van der Waals surface area contributed by atoms with Gasteiger partial charge in [-0.05, 0) is 39.7 Å². The summed E-state index contributed by atoms with van der Waals surface area (Å²) in [7, 11) is -0.321. The fourth-order valence-corrected chi connectivity index (χ4v) is 5.75. The van der Waals surface area contributed by atoms with Crippen molar-refractivity contribution in [2.75, 3.05) is 17.7 Å². The van der Waals surface area contributed by atoms with Crippen LogP contribution in [-0.2, 0) is 22.6 Å². The van der Waals surface area contributed by atoms with E-state index in [2.05, 4.69) is 35.4 Å². The summed E-state index contributed by atoms with van der Waals surface area (Å²) < 4.78 is 16.4. The summed E-state index contributed by atoms with van der Waals surface area (Å²) in [4.78, 5) is 25.4. The molecule has 0 aliphatic rings. The number of anilines is 2. The highest BCUT2D eigenvalue weighted by Gasteiger charge is 2.26. The zero-order valence-corrected chi connectivity index (χ0v) is 23.8. The van der Waals surface area contributed by atoms with E-state index in [9.17, 15) is 9.59 Å². The highest BCUT2D eigenvalue weighted by molar-refractivity contribution is 6.90. The summed E-state index contributed by atoms with van der Waals surface area (Å²) in [5, 5.41) is 11.1. The average Bonchev–Trinajstić information content (AvgIpc) is 3.34. The number of methoxy groups -OCH3 is 1. The molecule has 202 valence electrons. The number of nitrogens with zero attached hydrogens (tertiary/aromatic N) is 1. The van der Waals surface area contributed by atoms with Crippen molar-refractivity contribution in [3.63, 3.8) is 0 Å². The Balaban J connectivity index is 1.63. The normalized spacial score (nSPS) is 11.1. The van der Waals surface area contributed by atoms with E-state index in [0.29, 0.717) is 35.4 Å². The van der Waals surface area contributed by atoms with Gasteiger partial charge in [-0.15, -0.1) is 0 Å².